The zero-order valence-corrected chi connectivity index (χ0v) is 6.71. The maximum atomic E-state index is 10.3. The molecular formula is C9H14O2. The third-order valence-electron chi connectivity index (χ3n) is 3.23. The van der Waals surface area contributed by atoms with Crippen molar-refractivity contribution < 1.29 is 9.53 Å². The van der Waals surface area contributed by atoms with Crippen LogP contribution < -0.4 is 0 Å². The lowest BCUT2D eigenvalue weighted by molar-refractivity contribution is -0.108. The summed E-state index contributed by atoms with van der Waals surface area (Å²) in [5.74, 6) is 0.698. The van der Waals surface area contributed by atoms with Gasteiger partial charge in [0, 0.05) is 19.6 Å². The lowest BCUT2D eigenvalue weighted by Crippen LogP contribution is -2.18. The number of rotatable bonds is 2. The van der Waals surface area contributed by atoms with Gasteiger partial charge in [0.05, 0.1) is 0 Å². The van der Waals surface area contributed by atoms with Crippen LogP contribution in [-0.4, -0.2) is 19.5 Å². The standard InChI is InChI=1S/C9H14O2/c10-4-1-8-7-9(8)2-5-11-6-3-9/h4,8H,1-3,5-7H2. The highest BCUT2D eigenvalue weighted by molar-refractivity contribution is 5.51. The summed E-state index contributed by atoms with van der Waals surface area (Å²) in [5.41, 5.74) is 0.541. The minimum Gasteiger partial charge on any atom is -0.381 e. The van der Waals surface area contributed by atoms with E-state index in [4.69, 9.17) is 4.74 Å². The van der Waals surface area contributed by atoms with Crippen LogP contribution in [0.15, 0.2) is 0 Å². The second kappa shape index (κ2) is 2.59. The molecular weight excluding hydrogens is 140 g/mol. The summed E-state index contributed by atoms with van der Waals surface area (Å²) in [6, 6.07) is 0. The van der Waals surface area contributed by atoms with Gasteiger partial charge in [-0.25, -0.2) is 0 Å². The predicted molar refractivity (Wildman–Crippen MR) is 41.3 cm³/mol. The summed E-state index contributed by atoms with van der Waals surface area (Å²) in [7, 11) is 0. The van der Waals surface area contributed by atoms with Crippen LogP contribution in [0, 0.1) is 11.3 Å². The minimum atomic E-state index is 0.541. The van der Waals surface area contributed by atoms with Crippen LogP contribution in [-0.2, 0) is 9.53 Å². The Morgan fingerprint density at radius 3 is 2.82 bits per heavy atom. The first-order valence-corrected chi connectivity index (χ1v) is 4.39. The molecule has 0 aromatic rings. The van der Waals surface area contributed by atoms with Crippen LogP contribution in [0.25, 0.3) is 0 Å². The molecule has 1 spiro atoms. The smallest absolute Gasteiger partial charge is 0.120 e. The Morgan fingerprint density at radius 1 is 1.45 bits per heavy atom. The highest BCUT2D eigenvalue weighted by Crippen LogP contribution is 2.60. The average Bonchev–Trinajstić information content (AvgIpc) is 2.66. The SMILES string of the molecule is O=CCC1CC12CCOCC2. The second-order valence-electron chi connectivity index (χ2n) is 3.78. The molecule has 1 aliphatic carbocycles. The molecule has 0 bridgehead atoms. The number of hydrogen-bond donors (Lipinski definition) is 0. The fourth-order valence-corrected chi connectivity index (χ4v) is 2.27. The van der Waals surface area contributed by atoms with Gasteiger partial charge in [-0.1, -0.05) is 0 Å². The Balaban J connectivity index is 1.88. The number of aldehydes is 1. The first-order valence-electron chi connectivity index (χ1n) is 4.39. The molecule has 1 atom stereocenters. The molecule has 1 saturated heterocycles. The quantitative estimate of drug-likeness (QED) is 0.562. The van der Waals surface area contributed by atoms with Crippen LogP contribution >= 0.6 is 0 Å². The monoisotopic (exact) mass is 154 g/mol. The van der Waals surface area contributed by atoms with Crippen molar-refractivity contribution in [3.63, 3.8) is 0 Å². The predicted octanol–water partition coefficient (Wildman–Crippen LogP) is 1.39. The molecule has 2 fully saturated rings. The Bertz CT molecular complexity index is 159. The van der Waals surface area contributed by atoms with Crippen molar-refractivity contribution in [1.82, 2.24) is 0 Å². The molecule has 11 heavy (non-hydrogen) atoms. The fraction of sp³-hybridized carbons (Fsp3) is 0.889. The fourth-order valence-electron chi connectivity index (χ4n) is 2.27. The van der Waals surface area contributed by atoms with Crippen molar-refractivity contribution >= 4 is 6.29 Å². The molecule has 1 saturated carbocycles. The van der Waals surface area contributed by atoms with E-state index in [1.165, 1.54) is 19.3 Å². The van der Waals surface area contributed by atoms with E-state index in [1.807, 2.05) is 0 Å². The van der Waals surface area contributed by atoms with Crippen molar-refractivity contribution in [3.8, 4) is 0 Å². The van der Waals surface area contributed by atoms with E-state index in [-0.39, 0.29) is 0 Å². The maximum absolute atomic E-state index is 10.3. The summed E-state index contributed by atoms with van der Waals surface area (Å²) in [6.45, 7) is 1.82. The summed E-state index contributed by atoms with van der Waals surface area (Å²) in [5, 5.41) is 0. The lowest BCUT2D eigenvalue weighted by Gasteiger charge is -2.22. The van der Waals surface area contributed by atoms with Gasteiger partial charge in [-0.2, -0.15) is 0 Å². The molecule has 1 heterocycles. The van der Waals surface area contributed by atoms with Gasteiger partial charge in [-0.15, -0.1) is 0 Å². The van der Waals surface area contributed by atoms with Gasteiger partial charge in [-0.3, -0.25) is 0 Å². The Labute approximate surface area is 66.9 Å². The molecule has 2 heteroatoms. The van der Waals surface area contributed by atoms with Gasteiger partial charge in [0.25, 0.3) is 0 Å². The molecule has 1 unspecified atom stereocenters. The van der Waals surface area contributed by atoms with Crippen molar-refractivity contribution in [2.24, 2.45) is 11.3 Å². The van der Waals surface area contributed by atoms with Crippen molar-refractivity contribution in [3.05, 3.63) is 0 Å². The second-order valence-corrected chi connectivity index (χ2v) is 3.78. The van der Waals surface area contributed by atoms with Gasteiger partial charge >= 0.3 is 0 Å². The topological polar surface area (TPSA) is 26.3 Å². The Hall–Kier alpha value is -0.370. The zero-order chi connectivity index (χ0) is 7.73. The summed E-state index contributed by atoms with van der Waals surface area (Å²) in [6.07, 6.45) is 5.49. The molecule has 0 aromatic heterocycles. The first-order chi connectivity index (χ1) is 5.37. The molecule has 2 nitrogen and oxygen atoms in total. The van der Waals surface area contributed by atoms with Crippen molar-refractivity contribution in [2.75, 3.05) is 13.2 Å². The van der Waals surface area contributed by atoms with E-state index in [1.54, 1.807) is 0 Å². The largest absolute Gasteiger partial charge is 0.381 e. The third kappa shape index (κ3) is 1.20. The van der Waals surface area contributed by atoms with Crippen LogP contribution in [0.3, 0.4) is 0 Å². The molecule has 1 aliphatic heterocycles. The number of carbonyl (C=O) groups excluding carboxylic acids is 1. The van der Waals surface area contributed by atoms with Crippen LogP contribution in [0.2, 0.25) is 0 Å². The van der Waals surface area contributed by atoms with E-state index in [0.29, 0.717) is 11.3 Å². The van der Waals surface area contributed by atoms with Gasteiger partial charge in [-0.05, 0) is 30.6 Å². The average molecular weight is 154 g/mol. The van der Waals surface area contributed by atoms with Crippen LogP contribution in [0.4, 0.5) is 0 Å². The zero-order valence-electron chi connectivity index (χ0n) is 6.71. The number of hydrogen-bond acceptors (Lipinski definition) is 2. The Morgan fingerprint density at radius 2 is 2.18 bits per heavy atom. The maximum Gasteiger partial charge on any atom is 0.120 e. The summed E-state index contributed by atoms with van der Waals surface area (Å²) >= 11 is 0. The van der Waals surface area contributed by atoms with E-state index in [2.05, 4.69) is 0 Å². The molecule has 0 amide bonds. The highest BCUT2D eigenvalue weighted by atomic mass is 16.5. The highest BCUT2D eigenvalue weighted by Gasteiger charge is 2.53. The normalized spacial score (nSPS) is 33.6. The Kier molecular flexibility index (Phi) is 1.72. The van der Waals surface area contributed by atoms with Gasteiger partial charge < -0.3 is 9.53 Å². The van der Waals surface area contributed by atoms with Gasteiger partial charge in [0.2, 0.25) is 0 Å². The molecule has 62 valence electrons. The van der Waals surface area contributed by atoms with E-state index in [0.717, 1.165) is 25.9 Å². The van der Waals surface area contributed by atoms with Crippen LogP contribution in [0.5, 0.6) is 0 Å². The lowest BCUT2D eigenvalue weighted by atomic mass is 9.93. The minimum absolute atomic E-state index is 0.541. The molecule has 2 aliphatic rings. The summed E-state index contributed by atoms with van der Waals surface area (Å²) < 4.78 is 5.28. The summed E-state index contributed by atoms with van der Waals surface area (Å²) in [4.78, 5) is 10.3. The van der Waals surface area contributed by atoms with E-state index >= 15 is 0 Å². The third-order valence-corrected chi connectivity index (χ3v) is 3.23. The number of ether oxygens (including phenoxy) is 1. The van der Waals surface area contributed by atoms with Crippen molar-refractivity contribution in [1.29, 1.82) is 0 Å². The molecule has 2 rings (SSSR count). The molecule has 0 N–H and O–H groups in total. The molecule has 0 aromatic carbocycles. The first kappa shape index (κ1) is 7.29. The van der Waals surface area contributed by atoms with Gasteiger partial charge in [0.1, 0.15) is 6.29 Å². The molecule has 0 radical (unpaired) electrons. The van der Waals surface area contributed by atoms with Gasteiger partial charge in [0.15, 0.2) is 0 Å². The van der Waals surface area contributed by atoms with E-state index < -0.39 is 0 Å². The van der Waals surface area contributed by atoms with Crippen molar-refractivity contribution in [2.45, 2.75) is 25.7 Å². The van der Waals surface area contributed by atoms with Crippen LogP contribution in [0.1, 0.15) is 25.7 Å². The number of carbonyl (C=O) groups is 1. The van der Waals surface area contributed by atoms with E-state index in [9.17, 15) is 4.79 Å².